The molecule has 0 spiro atoms. The smallest absolute Gasteiger partial charge is 0.239 e. The molecule has 1 N–H and O–H groups in total. The third-order valence-electron chi connectivity index (χ3n) is 2.90. The Morgan fingerprint density at radius 2 is 2.06 bits per heavy atom. The first-order valence-electron chi connectivity index (χ1n) is 6.64. The zero-order valence-electron chi connectivity index (χ0n) is 12.0. The highest BCUT2D eigenvalue weighted by molar-refractivity contribution is 5.74. The largest absolute Gasteiger partial charge is 0.479 e. The summed E-state index contributed by atoms with van der Waals surface area (Å²) in [7, 11) is 5.71. The molecule has 1 aromatic heterocycles. The second-order valence-corrected chi connectivity index (χ2v) is 4.60. The van der Waals surface area contributed by atoms with Crippen molar-refractivity contribution in [2.45, 2.75) is 32.6 Å². The van der Waals surface area contributed by atoms with Crippen LogP contribution in [-0.2, 0) is 0 Å². The molecule has 102 valence electrons. The molecule has 0 unspecified atom stereocenters. The van der Waals surface area contributed by atoms with Crippen LogP contribution in [0.2, 0.25) is 0 Å². The van der Waals surface area contributed by atoms with Crippen molar-refractivity contribution in [3.63, 3.8) is 0 Å². The van der Waals surface area contributed by atoms with E-state index in [1.54, 1.807) is 13.3 Å². The number of rotatable bonds is 8. The van der Waals surface area contributed by atoms with Crippen molar-refractivity contribution in [1.82, 2.24) is 4.98 Å². The van der Waals surface area contributed by atoms with Gasteiger partial charge < -0.3 is 15.0 Å². The predicted octanol–water partition coefficient (Wildman–Crippen LogP) is 3.15. The second-order valence-electron chi connectivity index (χ2n) is 4.60. The fraction of sp³-hybridized carbons (Fsp3) is 0.643. The monoisotopic (exact) mass is 251 g/mol. The van der Waals surface area contributed by atoms with E-state index < -0.39 is 0 Å². The topological polar surface area (TPSA) is 37.4 Å². The van der Waals surface area contributed by atoms with Crippen LogP contribution in [0, 0.1) is 0 Å². The van der Waals surface area contributed by atoms with Gasteiger partial charge in [0.05, 0.1) is 12.8 Å². The van der Waals surface area contributed by atoms with Crippen LogP contribution < -0.4 is 15.0 Å². The molecule has 0 saturated carbocycles. The van der Waals surface area contributed by atoms with Crippen LogP contribution >= 0.6 is 0 Å². The van der Waals surface area contributed by atoms with Crippen molar-refractivity contribution in [2.24, 2.45) is 0 Å². The first-order chi connectivity index (χ1) is 8.70. The molecular formula is C14H25N3O. The summed E-state index contributed by atoms with van der Waals surface area (Å²) in [6.45, 7) is 3.19. The third kappa shape index (κ3) is 4.09. The Kier molecular flexibility index (Phi) is 6.33. The van der Waals surface area contributed by atoms with Crippen LogP contribution in [0.5, 0.6) is 5.88 Å². The second kappa shape index (κ2) is 7.80. The SMILES string of the molecule is CCCCCCNc1c(N(C)C)ccnc1OC. The van der Waals surface area contributed by atoms with Crippen molar-refractivity contribution in [1.29, 1.82) is 0 Å². The minimum Gasteiger partial charge on any atom is -0.479 e. The van der Waals surface area contributed by atoms with E-state index in [0.29, 0.717) is 5.88 Å². The molecule has 0 bridgehead atoms. The minimum absolute atomic E-state index is 0.664. The van der Waals surface area contributed by atoms with E-state index in [0.717, 1.165) is 17.9 Å². The van der Waals surface area contributed by atoms with E-state index in [1.165, 1.54) is 25.7 Å². The van der Waals surface area contributed by atoms with E-state index in [9.17, 15) is 0 Å². The van der Waals surface area contributed by atoms with Gasteiger partial charge >= 0.3 is 0 Å². The number of methoxy groups -OCH3 is 1. The molecule has 0 saturated heterocycles. The summed E-state index contributed by atoms with van der Waals surface area (Å²) in [4.78, 5) is 6.31. The molecule has 1 heterocycles. The van der Waals surface area contributed by atoms with Gasteiger partial charge in [0.25, 0.3) is 0 Å². The Labute approximate surface area is 110 Å². The molecule has 0 amide bonds. The van der Waals surface area contributed by atoms with E-state index in [1.807, 2.05) is 20.2 Å². The third-order valence-corrected chi connectivity index (χ3v) is 2.90. The van der Waals surface area contributed by atoms with Gasteiger partial charge in [-0.25, -0.2) is 4.98 Å². The fourth-order valence-electron chi connectivity index (χ4n) is 1.89. The van der Waals surface area contributed by atoms with E-state index in [2.05, 4.69) is 22.1 Å². The maximum atomic E-state index is 5.31. The summed E-state index contributed by atoms with van der Waals surface area (Å²) in [6, 6.07) is 2.00. The zero-order valence-corrected chi connectivity index (χ0v) is 12.0. The molecule has 18 heavy (non-hydrogen) atoms. The average Bonchev–Trinajstić information content (AvgIpc) is 2.38. The van der Waals surface area contributed by atoms with E-state index >= 15 is 0 Å². The van der Waals surface area contributed by atoms with Gasteiger partial charge in [0.1, 0.15) is 5.69 Å². The Morgan fingerprint density at radius 1 is 1.28 bits per heavy atom. The van der Waals surface area contributed by atoms with Crippen molar-refractivity contribution in [3.05, 3.63) is 12.3 Å². The van der Waals surface area contributed by atoms with Crippen LogP contribution in [0.15, 0.2) is 12.3 Å². The van der Waals surface area contributed by atoms with Gasteiger partial charge in [0.15, 0.2) is 0 Å². The number of hydrogen-bond acceptors (Lipinski definition) is 4. The van der Waals surface area contributed by atoms with Gasteiger partial charge in [-0.15, -0.1) is 0 Å². The molecule has 1 aromatic rings. The van der Waals surface area contributed by atoms with Gasteiger partial charge in [-0.2, -0.15) is 0 Å². The summed E-state index contributed by atoms with van der Waals surface area (Å²) < 4.78 is 5.31. The van der Waals surface area contributed by atoms with Crippen LogP contribution in [-0.4, -0.2) is 32.7 Å². The molecule has 0 aromatic carbocycles. The lowest BCUT2D eigenvalue weighted by atomic mass is 10.2. The lowest BCUT2D eigenvalue weighted by Gasteiger charge is -2.19. The van der Waals surface area contributed by atoms with E-state index in [4.69, 9.17) is 4.74 Å². The van der Waals surface area contributed by atoms with Gasteiger partial charge in [0.2, 0.25) is 5.88 Å². The number of unbranched alkanes of at least 4 members (excludes halogenated alkanes) is 3. The highest BCUT2D eigenvalue weighted by Gasteiger charge is 2.11. The number of pyridine rings is 1. The molecule has 0 fully saturated rings. The lowest BCUT2D eigenvalue weighted by molar-refractivity contribution is 0.399. The summed E-state index contributed by atoms with van der Waals surface area (Å²) in [5.74, 6) is 0.664. The molecule has 0 radical (unpaired) electrons. The Bertz CT molecular complexity index is 353. The zero-order chi connectivity index (χ0) is 13.4. The fourth-order valence-corrected chi connectivity index (χ4v) is 1.89. The minimum atomic E-state index is 0.664. The number of hydrogen-bond donors (Lipinski definition) is 1. The normalized spacial score (nSPS) is 10.2. The van der Waals surface area contributed by atoms with Gasteiger partial charge in [-0.3, -0.25) is 0 Å². The summed E-state index contributed by atoms with van der Waals surface area (Å²) >= 11 is 0. The number of aromatic nitrogens is 1. The number of nitrogens with one attached hydrogen (secondary N) is 1. The van der Waals surface area contributed by atoms with Crippen LogP contribution in [0.1, 0.15) is 32.6 Å². The maximum Gasteiger partial charge on any atom is 0.239 e. The quantitative estimate of drug-likeness (QED) is 0.720. The molecule has 0 aliphatic carbocycles. The first-order valence-corrected chi connectivity index (χ1v) is 6.64. The summed E-state index contributed by atoms with van der Waals surface area (Å²) in [5.41, 5.74) is 2.10. The number of nitrogens with zero attached hydrogens (tertiary/aromatic N) is 2. The van der Waals surface area contributed by atoms with E-state index in [-0.39, 0.29) is 0 Å². The van der Waals surface area contributed by atoms with Gasteiger partial charge in [-0.1, -0.05) is 26.2 Å². The highest BCUT2D eigenvalue weighted by Crippen LogP contribution is 2.31. The molecule has 1 rings (SSSR count). The van der Waals surface area contributed by atoms with Crippen LogP contribution in [0.3, 0.4) is 0 Å². The summed E-state index contributed by atoms with van der Waals surface area (Å²) in [5, 5.41) is 3.44. The lowest BCUT2D eigenvalue weighted by Crippen LogP contribution is -2.14. The predicted molar refractivity (Wildman–Crippen MR) is 77.7 cm³/mol. The van der Waals surface area contributed by atoms with Crippen LogP contribution in [0.25, 0.3) is 0 Å². The standard InChI is InChI=1S/C14H25N3O/c1-5-6-7-8-10-15-13-12(17(2)3)9-11-16-14(13)18-4/h9,11,15H,5-8,10H2,1-4H3. The van der Waals surface area contributed by atoms with Crippen molar-refractivity contribution in [3.8, 4) is 5.88 Å². The van der Waals surface area contributed by atoms with Crippen molar-refractivity contribution < 1.29 is 4.74 Å². The van der Waals surface area contributed by atoms with Gasteiger partial charge in [0, 0.05) is 26.8 Å². The Balaban J connectivity index is 2.66. The maximum absolute atomic E-state index is 5.31. The molecule has 0 atom stereocenters. The first kappa shape index (κ1) is 14.6. The van der Waals surface area contributed by atoms with Crippen LogP contribution in [0.4, 0.5) is 11.4 Å². The van der Waals surface area contributed by atoms with Crippen molar-refractivity contribution >= 4 is 11.4 Å². The molecule has 0 aliphatic rings. The Hall–Kier alpha value is -1.45. The molecule has 0 aliphatic heterocycles. The Morgan fingerprint density at radius 3 is 2.67 bits per heavy atom. The average molecular weight is 251 g/mol. The molecule has 4 heteroatoms. The molecular weight excluding hydrogens is 226 g/mol. The van der Waals surface area contributed by atoms with Gasteiger partial charge in [-0.05, 0) is 12.5 Å². The number of anilines is 2. The summed E-state index contributed by atoms with van der Waals surface area (Å²) in [6.07, 6.45) is 6.78. The number of ether oxygens (including phenoxy) is 1. The highest BCUT2D eigenvalue weighted by atomic mass is 16.5. The van der Waals surface area contributed by atoms with Crippen molar-refractivity contribution in [2.75, 3.05) is 38.0 Å². The molecule has 4 nitrogen and oxygen atoms in total.